The van der Waals surface area contributed by atoms with Gasteiger partial charge in [0.2, 0.25) is 5.60 Å². The number of aliphatic hydroxyl groups is 1. The average molecular weight is 524 g/mol. The van der Waals surface area contributed by atoms with Crippen LogP contribution in [0.2, 0.25) is 15.1 Å². The largest absolute Gasteiger partial charge is 0.425 e. The minimum atomic E-state index is -5.18. The topological polar surface area (TPSA) is 81.6 Å². The molecule has 12 heteroatoms. The molecular formula is C21H13Cl3F4N2O3. The molecular weight excluding hydrogens is 511 g/mol. The number of nitrogens with one attached hydrogen (secondary N) is 2. The zero-order valence-corrected chi connectivity index (χ0v) is 18.4. The van der Waals surface area contributed by atoms with Gasteiger partial charge in [0.15, 0.2) is 5.82 Å². The number of carbonyl (C=O) groups is 1. The Bertz CT molecular complexity index is 1180. The molecule has 1 atom stereocenters. The van der Waals surface area contributed by atoms with Crippen molar-refractivity contribution in [2.45, 2.75) is 11.8 Å². The number of alkyl halides is 3. The van der Waals surface area contributed by atoms with Gasteiger partial charge < -0.3 is 10.4 Å². The molecule has 0 aliphatic carbocycles. The van der Waals surface area contributed by atoms with Crippen molar-refractivity contribution in [1.29, 1.82) is 0 Å². The molecule has 33 heavy (non-hydrogen) atoms. The van der Waals surface area contributed by atoms with Crippen LogP contribution in [-0.4, -0.2) is 22.4 Å². The summed E-state index contributed by atoms with van der Waals surface area (Å²) >= 11 is 17.9. The van der Waals surface area contributed by atoms with Crippen LogP contribution < -0.4 is 10.8 Å². The molecule has 0 saturated carbocycles. The summed E-state index contributed by atoms with van der Waals surface area (Å²) in [7, 11) is 0. The lowest BCUT2D eigenvalue weighted by Crippen LogP contribution is -2.43. The summed E-state index contributed by atoms with van der Waals surface area (Å²) < 4.78 is 56.2. The van der Waals surface area contributed by atoms with Crippen LogP contribution in [0, 0.1) is 5.82 Å². The lowest BCUT2D eigenvalue weighted by atomic mass is 9.85. The van der Waals surface area contributed by atoms with E-state index in [1.165, 1.54) is 18.2 Å². The van der Waals surface area contributed by atoms with E-state index in [0.717, 1.165) is 36.4 Å². The van der Waals surface area contributed by atoms with Crippen molar-refractivity contribution in [3.8, 4) is 0 Å². The van der Waals surface area contributed by atoms with E-state index in [9.17, 15) is 27.5 Å². The van der Waals surface area contributed by atoms with Gasteiger partial charge in [-0.15, -0.1) is 0 Å². The highest BCUT2D eigenvalue weighted by Crippen LogP contribution is 2.47. The zero-order valence-electron chi connectivity index (χ0n) is 16.1. The Morgan fingerprint density at radius 3 is 2.00 bits per heavy atom. The molecule has 5 nitrogen and oxygen atoms in total. The van der Waals surface area contributed by atoms with Crippen LogP contribution in [0.5, 0.6) is 0 Å². The zero-order chi connectivity index (χ0) is 24.6. The van der Waals surface area contributed by atoms with E-state index in [1.54, 1.807) is 5.48 Å². The fraction of sp³-hybridized carbons (Fsp3) is 0.0952. The minimum Gasteiger partial charge on any atom is -0.372 e. The Hall–Kier alpha value is -2.56. The van der Waals surface area contributed by atoms with Crippen LogP contribution in [0.4, 0.5) is 28.9 Å². The number of hydrogen-bond acceptors (Lipinski definition) is 4. The summed E-state index contributed by atoms with van der Waals surface area (Å²) in [6.07, 6.45) is -5.18. The Labute approximate surface area is 199 Å². The summed E-state index contributed by atoms with van der Waals surface area (Å²) in [6.45, 7) is 0. The van der Waals surface area contributed by atoms with Crippen molar-refractivity contribution < 1.29 is 32.7 Å². The number of anilines is 2. The maximum absolute atomic E-state index is 14.3. The number of carbonyl (C=O) groups excluding carboxylic acids is 1. The lowest BCUT2D eigenvalue weighted by Gasteiger charge is -2.32. The van der Waals surface area contributed by atoms with E-state index in [-0.39, 0.29) is 16.4 Å². The van der Waals surface area contributed by atoms with E-state index in [4.69, 9.17) is 40.0 Å². The molecule has 1 unspecified atom stereocenters. The lowest BCUT2D eigenvalue weighted by molar-refractivity contribution is -0.248. The highest BCUT2D eigenvalue weighted by atomic mass is 35.5. The third-order valence-corrected chi connectivity index (χ3v) is 5.58. The molecule has 1 amide bonds. The normalized spacial score (nSPS) is 13.4. The Kier molecular flexibility index (Phi) is 7.11. The standard InChI is InChI=1S/C21H13Cl3F4N2O3/c22-12-6-4-10(5-7-12)20(32,21(26,27)28)11-8-14(23)18(15(24)9-11)29-19(31)13-2-1-3-16(30-33)17(13)25/h1-9,30,32-33H,(H,29,31). The second kappa shape index (κ2) is 9.36. The van der Waals surface area contributed by atoms with Gasteiger partial charge in [-0.1, -0.05) is 53.0 Å². The molecule has 0 aliphatic heterocycles. The van der Waals surface area contributed by atoms with Crippen molar-refractivity contribution in [3.05, 3.63) is 92.2 Å². The van der Waals surface area contributed by atoms with Crippen LogP contribution >= 0.6 is 34.8 Å². The highest BCUT2D eigenvalue weighted by Gasteiger charge is 2.56. The molecule has 0 aliphatic rings. The molecule has 4 N–H and O–H groups in total. The molecule has 0 bridgehead atoms. The fourth-order valence-electron chi connectivity index (χ4n) is 3.06. The molecule has 0 heterocycles. The first kappa shape index (κ1) is 25.1. The van der Waals surface area contributed by atoms with Gasteiger partial charge in [0, 0.05) is 10.6 Å². The van der Waals surface area contributed by atoms with E-state index in [0.29, 0.717) is 0 Å². The molecule has 0 saturated heterocycles. The van der Waals surface area contributed by atoms with E-state index in [1.807, 2.05) is 0 Å². The van der Waals surface area contributed by atoms with Gasteiger partial charge >= 0.3 is 6.18 Å². The summed E-state index contributed by atoms with van der Waals surface area (Å²) in [5, 5.41) is 21.1. The van der Waals surface area contributed by atoms with Crippen molar-refractivity contribution >= 4 is 52.1 Å². The maximum Gasteiger partial charge on any atom is 0.425 e. The molecule has 3 aromatic carbocycles. The molecule has 3 aromatic rings. The summed E-state index contributed by atoms with van der Waals surface area (Å²) in [6, 6.07) is 9.46. The third kappa shape index (κ3) is 4.73. The van der Waals surface area contributed by atoms with Gasteiger partial charge in [-0.3, -0.25) is 15.5 Å². The average Bonchev–Trinajstić information content (AvgIpc) is 2.75. The number of amides is 1. The minimum absolute atomic E-state index is 0.157. The van der Waals surface area contributed by atoms with Crippen LogP contribution in [0.1, 0.15) is 21.5 Å². The first-order chi connectivity index (χ1) is 15.4. The van der Waals surface area contributed by atoms with Gasteiger partial charge in [-0.05, 0) is 42.0 Å². The Morgan fingerprint density at radius 1 is 0.909 bits per heavy atom. The van der Waals surface area contributed by atoms with E-state index < -0.39 is 50.2 Å². The van der Waals surface area contributed by atoms with Crippen molar-refractivity contribution in [3.63, 3.8) is 0 Å². The van der Waals surface area contributed by atoms with Crippen molar-refractivity contribution in [2.24, 2.45) is 0 Å². The smallest absolute Gasteiger partial charge is 0.372 e. The van der Waals surface area contributed by atoms with E-state index >= 15 is 0 Å². The third-order valence-electron chi connectivity index (χ3n) is 4.73. The second-order valence-corrected chi connectivity index (χ2v) is 8.01. The Balaban J connectivity index is 2.05. The number of hydrogen-bond donors (Lipinski definition) is 4. The molecule has 0 spiro atoms. The summed E-state index contributed by atoms with van der Waals surface area (Å²) in [5.74, 6) is -2.12. The van der Waals surface area contributed by atoms with Gasteiger partial charge in [0.05, 0.1) is 27.0 Å². The molecule has 3 rings (SSSR count). The van der Waals surface area contributed by atoms with Crippen LogP contribution in [0.3, 0.4) is 0 Å². The predicted octanol–water partition coefficient (Wildman–Crippen LogP) is 6.64. The van der Waals surface area contributed by atoms with E-state index in [2.05, 4.69) is 5.32 Å². The summed E-state index contributed by atoms with van der Waals surface area (Å²) in [4.78, 5) is 12.5. The first-order valence-electron chi connectivity index (χ1n) is 8.94. The van der Waals surface area contributed by atoms with Crippen molar-refractivity contribution in [1.82, 2.24) is 0 Å². The quantitative estimate of drug-likeness (QED) is 0.223. The van der Waals surface area contributed by atoms with Crippen LogP contribution in [0.25, 0.3) is 0 Å². The highest BCUT2D eigenvalue weighted by molar-refractivity contribution is 6.40. The molecule has 0 fully saturated rings. The predicted molar refractivity (Wildman–Crippen MR) is 117 cm³/mol. The fourth-order valence-corrected chi connectivity index (χ4v) is 3.77. The van der Waals surface area contributed by atoms with Gasteiger partial charge in [-0.25, -0.2) is 4.39 Å². The van der Waals surface area contributed by atoms with Crippen molar-refractivity contribution in [2.75, 3.05) is 10.8 Å². The number of rotatable bonds is 5. The molecule has 0 aromatic heterocycles. The van der Waals surface area contributed by atoms with Crippen LogP contribution in [0.15, 0.2) is 54.6 Å². The van der Waals surface area contributed by atoms with Gasteiger partial charge in [-0.2, -0.15) is 13.2 Å². The van der Waals surface area contributed by atoms with Gasteiger partial charge in [0.1, 0.15) is 0 Å². The maximum atomic E-state index is 14.3. The van der Waals surface area contributed by atoms with Crippen LogP contribution in [-0.2, 0) is 5.60 Å². The first-order valence-corrected chi connectivity index (χ1v) is 10.1. The van der Waals surface area contributed by atoms with Gasteiger partial charge in [0.25, 0.3) is 5.91 Å². The number of halogens is 7. The SMILES string of the molecule is O=C(Nc1c(Cl)cc(C(O)(c2ccc(Cl)cc2)C(F)(F)F)cc1Cl)c1cccc(NO)c1F. The Morgan fingerprint density at radius 2 is 1.48 bits per heavy atom. The molecule has 174 valence electrons. The molecule has 0 radical (unpaired) electrons. The monoisotopic (exact) mass is 522 g/mol. The second-order valence-electron chi connectivity index (χ2n) is 6.76. The number of benzene rings is 3. The summed E-state index contributed by atoms with van der Waals surface area (Å²) in [5.41, 5.74) is -4.37.